The molecule has 0 aromatic carbocycles. The molecule has 1 heterocycles. The average molecular weight is 185 g/mol. The van der Waals surface area contributed by atoms with E-state index in [0.717, 1.165) is 18.1 Å². The molecule has 68 valence electrons. The van der Waals surface area contributed by atoms with E-state index in [1.165, 1.54) is 19.3 Å². The summed E-state index contributed by atoms with van der Waals surface area (Å²) in [5.74, 6) is 0.172. The molecule has 0 amide bonds. The third-order valence-corrected chi connectivity index (χ3v) is 2.51. The van der Waals surface area contributed by atoms with E-state index in [-0.39, 0.29) is 5.78 Å². The highest BCUT2D eigenvalue weighted by molar-refractivity contribution is 7.80. The summed E-state index contributed by atoms with van der Waals surface area (Å²) in [6.45, 7) is 3.69. The van der Waals surface area contributed by atoms with Gasteiger partial charge in [-0.3, -0.25) is 4.79 Å². The maximum absolute atomic E-state index is 10.8. The van der Waals surface area contributed by atoms with Crippen molar-refractivity contribution in [3.8, 4) is 0 Å². The Morgan fingerprint density at radius 2 is 1.92 bits per heavy atom. The molecule has 0 aromatic rings. The monoisotopic (exact) mass is 185 g/mol. The number of hydrogen-bond acceptors (Lipinski definition) is 2. The number of ketones is 1. The first-order valence-corrected chi connectivity index (χ1v) is 4.88. The Kier molecular flexibility index (Phi) is 3.66. The number of thiocarbonyl (C=S) groups is 1. The first kappa shape index (κ1) is 9.65. The second-order valence-corrected chi connectivity index (χ2v) is 3.79. The highest BCUT2D eigenvalue weighted by Gasteiger charge is 2.13. The summed E-state index contributed by atoms with van der Waals surface area (Å²) in [7, 11) is 0. The highest BCUT2D eigenvalue weighted by Crippen LogP contribution is 2.10. The van der Waals surface area contributed by atoms with Crippen molar-refractivity contribution in [1.29, 1.82) is 0 Å². The Labute approximate surface area is 78.9 Å². The van der Waals surface area contributed by atoms with Gasteiger partial charge in [-0.15, -0.1) is 0 Å². The Hall–Kier alpha value is -0.440. The Morgan fingerprint density at radius 3 is 2.42 bits per heavy atom. The van der Waals surface area contributed by atoms with E-state index in [9.17, 15) is 4.79 Å². The number of Topliss-reactive ketones (excluding diaryl/α,β-unsaturated/α-hetero) is 1. The maximum atomic E-state index is 10.8. The van der Waals surface area contributed by atoms with Crippen molar-refractivity contribution < 1.29 is 4.79 Å². The molecule has 1 aliphatic rings. The molecule has 0 bridgehead atoms. The zero-order valence-corrected chi connectivity index (χ0v) is 8.32. The van der Waals surface area contributed by atoms with Crippen LogP contribution in [0.2, 0.25) is 0 Å². The van der Waals surface area contributed by atoms with Gasteiger partial charge < -0.3 is 4.90 Å². The zero-order chi connectivity index (χ0) is 8.97. The fourth-order valence-corrected chi connectivity index (χ4v) is 1.85. The predicted molar refractivity (Wildman–Crippen MR) is 53.3 cm³/mol. The molecular formula is C9H15NOS. The van der Waals surface area contributed by atoms with Gasteiger partial charge in [0, 0.05) is 13.1 Å². The maximum Gasteiger partial charge on any atom is 0.136 e. The number of nitrogens with zero attached hydrogens (tertiary/aromatic N) is 1. The van der Waals surface area contributed by atoms with Crippen LogP contribution in [0.3, 0.4) is 0 Å². The van der Waals surface area contributed by atoms with Crippen LogP contribution in [0, 0.1) is 0 Å². The van der Waals surface area contributed by atoms with E-state index >= 15 is 0 Å². The molecule has 3 heteroatoms. The Bertz CT molecular complexity index is 185. The van der Waals surface area contributed by atoms with Gasteiger partial charge in [0.1, 0.15) is 5.78 Å². The summed E-state index contributed by atoms with van der Waals surface area (Å²) in [6, 6.07) is 0. The molecule has 0 atom stereocenters. The SMILES string of the molecule is CC(=O)CC(=S)N1CCCCC1. The molecule has 0 N–H and O–H groups in total. The minimum atomic E-state index is 0.172. The smallest absolute Gasteiger partial charge is 0.136 e. The minimum Gasteiger partial charge on any atom is -0.366 e. The van der Waals surface area contributed by atoms with Gasteiger partial charge in [0.2, 0.25) is 0 Å². The van der Waals surface area contributed by atoms with Crippen LogP contribution in [0.15, 0.2) is 0 Å². The summed E-state index contributed by atoms with van der Waals surface area (Å²) < 4.78 is 0. The molecule has 1 rings (SSSR count). The molecule has 2 nitrogen and oxygen atoms in total. The second kappa shape index (κ2) is 4.55. The van der Waals surface area contributed by atoms with Gasteiger partial charge in [-0.1, -0.05) is 12.2 Å². The molecule has 1 fully saturated rings. The second-order valence-electron chi connectivity index (χ2n) is 3.32. The van der Waals surface area contributed by atoms with Crippen LogP contribution in [0.25, 0.3) is 0 Å². The molecule has 0 radical (unpaired) electrons. The largest absolute Gasteiger partial charge is 0.366 e. The molecule has 12 heavy (non-hydrogen) atoms. The normalized spacial score (nSPS) is 17.6. The molecule has 0 unspecified atom stereocenters. The topological polar surface area (TPSA) is 20.3 Å². The highest BCUT2D eigenvalue weighted by atomic mass is 32.1. The van der Waals surface area contributed by atoms with Crippen molar-refractivity contribution in [2.45, 2.75) is 32.6 Å². The van der Waals surface area contributed by atoms with Crippen molar-refractivity contribution in [1.82, 2.24) is 4.90 Å². The van der Waals surface area contributed by atoms with Gasteiger partial charge in [0.15, 0.2) is 0 Å². The van der Waals surface area contributed by atoms with Crippen molar-refractivity contribution in [3.63, 3.8) is 0 Å². The van der Waals surface area contributed by atoms with E-state index < -0.39 is 0 Å². The number of carbonyl (C=O) groups excluding carboxylic acids is 1. The lowest BCUT2D eigenvalue weighted by Crippen LogP contribution is -2.35. The Morgan fingerprint density at radius 1 is 1.33 bits per heavy atom. The number of hydrogen-bond donors (Lipinski definition) is 0. The number of piperidine rings is 1. The summed E-state index contributed by atoms with van der Waals surface area (Å²) in [6.07, 6.45) is 4.20. The average Bonchev–Trinajstić information content (AvgIpc) is 2.05. The van der Waals surface area contributed by atoms with E-state index in [4.69, 9.17) is 12.2 Å². The van der Waals surface area contributed by atoms with Gasteiger partial charge in [-0.25, -0.2) is 0 Å². The van der Waals surface area contributed by atoms with Crippen molar-refractivity contribution in [2.24, 2.45) is 0 Å². The van der Waals surface area contributed by atoms with Crippen LogP contribution in [0.1, 0.15) is 32.6 Å². The van der Waals surface area contributed by atoms with Crippen LogP contribution in [-0.4, -0.2) is 28.8 Å². The van der Waals surface area contributed by atoms with E-state index in [1.54, 1.807) is 6.92 Å². The first-order valence-electron chi connectivity index (χ1n) is 4.47. The van der Waals surface area contributed by atoms with Gasteiger partial charge in [-0.05, 0) is 26.2 Å². The predicted octanol–water partition coefficient (Wildman–Crippen LogP) is 1.78. The number of likely N-dealkylation sites (tertiary alicyclic amines) is 1. The van der Waals surface area contributed by atoms with Crippen molar-refractivity contribution >= 4 is 23.0 Å². The van der Waals surface area contributed by atoms with Gasteiger partial charge in [0.25, 0.3) is 0 Å². The lowest BCUT2D eigenvalue weighted by atomic mass is 10.1. The lowest BCUT2D eigenvalue weighted by molar-refractivity contribution is -0.115. The molecule has 1 saturated heterocycles. The summed E-state index contributed by atoms with van der Waals surface area (Å²) in [5.41, 5.74) is 0. The number of rotatable bonds is 2. The van der Waals surface area contributed by atoms with Crippen LogP contribution in [-0.2, 0) is 4.79 Å². The van der Waals surface area contributed by atoms with Crippen LogP contribution in [0.4, 0.5) is 0 Å². The van der Waals surface area contributed by atoms with E-state index in [0.29, 0.717) is 6.42 Å². The molecule has 0 saturated carbocycles. The molecular weight excluding hydrogens is 170 g/mol. The molecule has 1 aliphatic heterocycles. The number of carbonyl (C=O) groups is 1. The van der Waals surface area contributed by atoms with Crippen molar-refractivity contribution in [3.05, 3.63) is 0 Å². The molecule has 0 aromatic heterocycles. The van der Waals surface area contributed by atoms with Gasteiger partial charge in [-0.2, -0.15) is 0 Å². The fraction of sp³-hybridized carbons (Fsp3) is 0.778. The van der Waals surface area contributed by atoms with E-state index in [1.807, 2.05) is 0 Å². The fourth-order valence-electron chi connectivity index (χ4n) is 1.47. The third kappa shape index (κ3) is 2.89. The van der Waals surface area contributed by atoms with E-state index in [2.05, 4.69) is 4.90 Å². The zero-order valence-electron chi connectivity index (χ0n) is 7.51. The standard InChI is InChI=1S/C9H15NOS/c1-8(11)7-9(12)10-5-3-2-4-6-10/h2-7H2,1H3. The third-order valence-electron chi connectivity index (χ3n) is 2.11. The van der Waals surface area contributed by atoms with Crippen LogP contribution >= 0.6 is 12.2 Å². The summed E-state index contributed by atoms with van der Waals surface area (Å²) in [5, 5.41) is 0. The lowest BCUT2D eigenvalue weighted by Gasteiger charge is -2.28. The van der Waals surface area contributed by atoms with Crippen LogP contribution in [0.5, 0.6) is 0 Å². The Balaban J connectivity index is 2.34. The van der Waals surface area contributed by atoms with Crippen LogP contribution < -0.4 is 0 Å². The quantitative estimate of drug-likeness (QED) is 0.612. The minimum absolute atomic E-state index is 0.172. The van der Waals surface area contributed by atoms with Gasteiger partial charge >= 0.3 is 0 Å². The summed E-state index contributed by atoms with van der Waals surface area (Å²) in [4.78, 5) is 13.8. The molecule has 0 spiro atoms. The van der Waals surface area contributed by atoms with Crippen molar-refractivity contribution in [2.75, 3.05) is 13.1 Å². The molecule has 0 aliphatic carbocycles. The van der Waals surface area contributed by atoms with Gasteiger partial charge in [0.05, 0.1) is 11.4 Å². The summed E-state index contributed by atoms with van der Waals surface area (Å²) >= 11 is 5.16. The first-order chi connectivity index (χ1) is 5.70.